The average Bonchev–Trinajstić information content (AvgIpc) is 3.01. The van der Waals surface area contributed by atoms with E-state index >= 15 is 0 Å². The molecule has 24 heavy (non-hydrogen) atoms. The highest BCUT2D eigenvalue weighted by Crippen LogP contribution is 2.32. The molecule has 3 aromatic rings. The molecule has 0 fully saturated rings. The number of benzene rings is 1. The van der Waals surface area contributed by atoms with Crippen molar-refractivity contribution in [1.29, 1.82) is 0 Å². The molecular weight excluding hydrogens is 311 g/mol. The Morgan fingerprint density at radius 2 is 2.17 bits per heavy atom. The van der Waals surface area contributed by atoms with Crippen molar-refractivity contribution in [1.82, 2.24) is 14.8 Å². The molecule has 0 saturated carbocycles. The summed E-state index contributed by atoms with van der Waals surface area (Å²) in [6.45, 7) is 1.14. The first-order valence-electron chi connectivity index (χ1n) is 7.69. The maximum atomic E-state index is 14.4. The van der Waals surface area contributed by atoms with Gasteiger partial charge in [-0.1, -0.05) is 12.1 Å². The minimum atomic E-state index is -0.329. The van der Waals surface area contributed by atoms with Crippen molar-refractivity contribution in [3.8, 4) is 11.1 Å². The van der Waals surface area contributed by atoms with Crippen molar-refractivity contribution in [3.63, 3.8) is 0 Å². The van der Waals surface area contributed by atoms with Gasteiger partial charge in [-0.2, -0.15) is 5.10 Å². The molecule has 7 heteroatoms. The summed E-state index contributed by atoms with van der Waals surface area (Å²) >= 11 is 0. The van der Waals surface area contributed by atoms with Crippen LogP contribution in [-0.4, -0.2) is 46.2 Å². The quantitative estimate of drug-likeness (QED) is 0.650. The summed E-state index contributed by atoms with van der Waals surface area (Å²) in [6.07, 6.45) is 5.32. The van der Waals surface area contributed by atoms with Crippen LogP contribution in [0.15, 0.2) is 36.8 Å². The Morgan fingerprint density at radius 3 is 2.92 bits per heavy atom. The summed E-state index contributed by atoms with van der Waals surface area (Å²) < 4.78 is 21.3. The van der Waals surface area contributed by atoms with E-state index in [4.69, 9.17) is 9.84 Å². The van der Waals surface area contributed by atoms with E-state index in [0.717, 1.165) is 16.5 Å². The number of pyridine rings is 1. The fourth-order valence-electron chi connectivity index (χ4n) is 2.59. The first-order chi connectivity index (χ1) is 11.7. The van der Waals surface area contributed by atoms with Crippen LogP contribution in [0.5, 0.6) is 0 Å². The zero-order valence-electron chi connectivity index (χ0n) is 13.4. The molecule has 0 aliphatic rings. The van der Waals surface area contributed by atoms with Gasteiger partial charge in [0, 0.05) is 37.1 Å². The van der Waals surface area contributed by atoms with Crippen LogP contribution in [0.25, 0.3) is 21.9 Å². The summed E-state index contributed by atoms with van der Waals surface area (Å²) in [4.78, 5) is 4.38. The van der Waals surface area contributed by atoms with Crippen LogP contribution < -0.4 is 5.32 Å². The number of halogens is 1. The van der Waals surface area contributed by atoms with Gasteiger partial charge in [0.2, 0.25) is 0 Å². The van der Waals surface area contributed by atoms with E-state index in [1.165, 1.54) is 6.07 Å². The fraction of sp³-hybridized carbons (Fsp3) is 0.294. The maximum Gasteiger partial charge on any atom is 0.136 e. The minimum Gasteiger partial charge on any atom is -0.394 e. The Labute approximate surface area is 138 Å². The van der Waals surface area contributed by atoms with Gasteiger partial charge in [0.25, 0.3) is 0 Å². The number of anilines is 1. The van der Waals surface area contributed by atoms with Gasteiger partial charge >= 0.3 is 0 Å². The maximum absolute atomic E-state index is 14.4. The molecule has 0 saturated heterocycles. The normalized spacial score (nSPS) is 11.1. The van der Waals surface area contributed by atoms with E-state index in [-0.39, 0.29) is 19.0 Å². The van der Waals surface area contributed by atoms with E-state index in [1.807, 2.05) is 19.3 Å². The smallest absolute Gasteiger partial charge is 0.136 e. The Morgan fingerprint density at radius 1 is 1.29 bits per heavy atom. The number of hydrogen-bond donors (Lipinski definition) is 2. The second-order valence-corrected chi connectivity index (χ2v) is 5.35. The van der Waals surface area contributed by atoms with Gasteiger partial charge in [-0.3, -0.25) is 4.68 Å². The largest absolute Gasteiger partial charge is 0.394 e. The number of nitrogens with one attached hydrogen (secondary N) is 1. The first-order valence-corrected chi connectivity index (χ1v) is 7.69. The predicted octanol–water partition coefficient (Wildman–Crippen LogP) is 2.20. The highest BCUT2D eigenvalue weighted by atomic mass is 19.1. The number of nitrogens with zero attached hydrogens (tertiary/aromatic N) is 3. The molecule has 126 valence electrons. The van der Waals surface area contributed by atoms with Crippen LogP contribution in [0, 0.1) is 5.82 Å². The SMILES string of the molecule is Cn1cc(-c2cnc(NCCOCCO)c3c(F)cccc23)cn1. The molecule has 2 N–H and O–H groups in total. The fourth-order valence-corrected chi connectivity index (χ4v) is 2.59. The third kappa shape index (κ3) is 3.37. The Balaban J connectivity index is 1.94. The summed E-state index contributed by atoms with van der Waals surface area (Å²) in [7, 11) is 1.84. The molecule has 0 aliphatic carbocycles. The topological polar surface area (TPSA) is 72.2 Å². The summed E-state index contributed by atoms with van der Waals surface area (Å²) in [5.74, 6) is 0.146. The van der Waals surface area contributed by atoms with E-state index in [1.54, 1.807) is 23.1 Å². The number of ether oxygens (including phenoxy) is 1. The van der Waals surface area contributed by atoms with Gasteiger partial charge < -0.3 is 15.2 Å². The van der Waals surface area contributed by atoms with Crippen molar-refractivity contribution in [2.24, 2.45) is 7.05 Å². The number of hydrogen-bond acceptors (Lipinski definition) is 5. The van der Waals surface area contributed by atoms with Gasteiger partial charge in [0.1, 0.15) is 11.6 Å². The molecule has 0 unspecified atom stereocenters. The highest BCUT2D eigenvalue weighted by molar-refractivity contribution is 6.01. The minimum absolute atomic E-state index is 0.0182. The second-order valence-electron chi connectivity index (χ2n) is 5.35. The zero-order chi connectivity index (χ0) is 16.9. The summed E-state index contributed by atoms with van der Waals surface area (Å²) in [5.41, 5.74) is 1.72. The lowest BCUT2D eigenvalue weighted by molar-refractivity contribution is 0.0992. The second kappa shape index (κ2) is 7.37. The Kier molecular flexibility index (Phi) is 5.02. The van der Waals surface area contributed by atoms with Crippen LogP contribution in [0.1, 0.15) is 0 Å². The molecule has 0 atom stereocenters. The number of fused-ring (bicyclic) bond motifs is 1. The van der Waals surface area contributed by atoms with E-state index < -0.39 is 0 Å². The molecule has 0 aliphatic heterocycles. The summed E-state index contributed by atoms with van der Waals surface area (Å²) in [5, 5.41) is 17.2. The lowest BCUT2D eigenvalue weighted by Gasteiger charge is -2.12. The number of aliphatic hydroxyl groups is 1. The number of rotatable bonds is 7. The molecule has 1 aromatic carbocycles. The van der Waals surface area contributed by atoms with Crippen LogP contribution in [0.3, 0.4) is 0 Å². The third-order valence-electron chi connectivity index (χ3n) is 3.65. The molecule has 2 heterocycles. The van der Waals surface area contributed by atoms with E-state index in [2.05, 4.69) is 15.4 Å². The molecule has 0 spiro atoms. The molecule has 0 radical (unpaired) electrons. The lowest BCUT2D eigenvalue weighted by Crippen LogP contribution is -2.12. The molecule has 3 rings (SSSR count). The molecule has 0 amide bonds. The van der Waals surface area contributed by atoms with E-state index in [9.17, 15) is 4.39 Å². The van der Waals surface area contributed by atoms with Crippen molar-refractivity contribution in [2.75, 3.05) is 31.7 Å². The van der Waals surface area contributed by atoms with E-state index in [0.29, 0.717) is 24.4 Å². The predicted molar refractivity (Wildman–Crippen MR) is 90.3 cm³/mol. The number of aromatic nitrogens is 3. The van der Waals surface area contributed by atoms with Crippen LogP contribution in [0.4, 0.5) is 10.2 Å². The number of aliphatic hydroxyl groups excluding tert-OH is 1. The third-order valence-corrected chi connectivity index (χ3v) is 3.65. The van der Waals surface area contributed by atoms with Crippen LogP contribution in [0.2, 0.25) is 0 Å². The molecule has 6 nitrogen and oxygen atoms in total. The molecule has 0 bridgehead atoms. The van der Waals surface area contributed by atoms with Gasteiger partial charge in [0.15, 0.2) is 0 Å². The highest BCUT2D eigenvalue weighted by Gasteiger charge is 2.13. The Hall–Kier alpha value is -2.51. The van der Waals surface area contributed by atoms with Crippen LogP contribution >= 0.6 is 0 Å². The van der Waals surface area contributed by atoms with Gasteiger partial charge in [0.05, 0.1) is 31.4 Å². The van der Waals surface area contributed by atoms with Gasteiger partial charge in [-0.15, -0.1) is 0 Å². The average molecular weight is 330 g/mol. The standard InChI is InChI=1S/C17H19FN4O2/c1-22-11-12(9-21-22)14-10-20-17(19-5-7-24-8-6-23)16-13(14)3-2-4-15(16)18/h2-4,9-11,23H,5-8H2,1H3,(H,19,20). The van der Waals surface area contributed by atoms with Crippen molar-refractivity contribution >= 4 is 16.6 Å². The van der Waals surface area contributed by atoms with Crippen molar-refractivity contribution < 1.29 is 14.2 Å². The first kappa shape index (κ1) is 16.4. The Bertz CT molecular complexity index is 835. The van der Waals surface area contributed by atoms with Gasteiger partial charge in [-0.05, 0) is 11.5 Å². The molecular formula is C17H19FN4O2. The van der Waals surface area contributed by atoms with Crippen molar-refractivity contribution in [3.05, 3.63) is 42.6 Å². The molecule has 2 aromatic heterocycles. The lowest BCUT2D eigenvalue weighted by atomic mass is 10.0. The van der Waals surface area contributed by atoms with Gasteiger partial charge in [-0.25, -0.2) is 9.37 Å². The monoisotopic (exact) mass is 330 g/mol. The summed E-state index contributed by atoms with van der Waals surface area (Å²) in [6, 6.07) is 4.98. The zero-order valence-corrected chi connectivity index (χ0v) is 13.4. The van der Waals surface area contributed by atoms with Crippen LogP contribution in [-0.2, 0) is 11.8 Å². The van der Waals surface area contributed by atoms with Crippen molar-refractivity contribution in [2.45, 2.75) is 0 Å². The number of aryl methyl sites for hydroxylation is 1.